The SMILES string of the molecule is CC(CCc1ccccc1)Nc1ccc(Br)cn1. The molecule has 3 heteroatoms. The minimum atomic E-state index is 0.416. The van der Waals surface area contributed by atoms with Crippen LogP contribution in [0.3, 0.4) is 0 Å². The van der Waals surface area contributed by atoms with Crippen molar-refractivity contribution < 1.29 is 0 Å². The van der Waals surface area contributed by atoms with Gasteiger partial charge in [0.2, 0.25) is 0 Å². The minimum absolute atomic E-state index is 0.416. The summed E-state index contributed by atoms with van der Waals surface area (Å²) < 4.78 is 1.00. The van der Waals surface area contributed by atoms with Gasteiger partial charge in [0, 0.05) is 16.7 Å². The number of anilines is 1. The Kier molecular flexibility index (Phi) is 4.76. The van der Waals surface area contributed by atoms with Gasteiger partial charge >= 0.3 is 0 Å². The van der Waals surface area contributed by atoms with Gasteiger partial charge in [-0.3, -0.25) is 0 Å². The normalized spacial score (nSPS) is 12.1. The fraction of sp³-hybridized carbons (Fsp3) is 0.267. The zero-order chi connectivity index (χ0) is 12.8. The molecule has 0 saturated carbocycles. The second-order valence-electron chi connectivity index (χ2n) is 4.43. The lowest BCUT2D eigenvalue weighted by atomic mass is 10.1. The van der Waals surface area contributed by atoms with Crippen molar-refractivity contribution in [2.45, 2.75) is 25.8 Å². The van der Waals surface area contributed by atoms with Gasteiger partial charge in [0.05, 0.1) is 0 Å². The molecule has 1 heterocycles. The highest BCUT2D eigenvalue weighted by Gasteiger charge is 2.03. The molecule has 0 bridgehead atoms. The number of pyridine rings is 1. The van der Waals surface area contributed by atoms with E-state index in [0.29, 0.717) is 6.04 Å². The van der Waals surface area contributed by atoms with Crippen LogP contribution in [0.5, 0.6) is 0 Å². The van der Waals surface area contributed by atoms with E-state index in [4.69, 9.17) is 0 Å². The average molecular weight is 305 g/mol. The average Bonchev–Trinajstić information content (AvgIpc) is 2.40. The van der Waals surface area contributed by atoms with Crippen LogP contribution in [-0.2, 0) is 6.42 Å². The van der Waals surface area contributed by atoms with Crippen LogP contribution in [0.1, 0.15) is 18.9 Å². The molecule has 2 rings (SSSR count). The second-order valence-corrected chi connectivity index (χ2v) is 5.35. The number of rotatable bonds is 5. The van der Waals surface area contributed by atoms with Crippen molar-refractivity contribution in [1.29, 1.82) is 0 Å². The van der Waals surface area contributed by atoms with Crippen LogP contribution in [-0.4, -0.2) is 11.0 Å². The van der Waals surface area contributed by atoms with E-state index in [9.17, 15) is 0 Å². The lowest BCUT2D eigenvalue weighted by molar-refractivity contribution is 0.703. The maximum atomic E-state index is 4.32. The van der Waals surface area contributed by atoms with Gasteiger partial charge in [-0.25, -0.2) is 4.98 Å². The predicted octanol–water partition coefficient (Wildman–Crippen LogP) is 4.28. The molecule has 0 saturated heterocycles. The van der Waals surface area contributed by atoms with Crippen molar-refractivity contribution in [3.05, 3.63) is 58.7 Å². The summed E-state index contributed by atoms with van der Waals surface area (Å²) >= 11 is 3.38. The third kappa shape index (κ3) is 4.15. The van der Waals surface area contributed by atoms with Crippen LogP contribution >= 0.6 is 15.9 Å². The largest absolute Gasteiger partial charge is 0.368 e. The van der Waals surface area contributed by atoms with E-state index < -0.39 is 0 Å². The van der Waals surface area contributed by atoms with Crippen LogP contribution in [0.2, 0.25) is 0 Å². The van der Waals surface area contributed by atoms with Gasteiger partial charge < -0.3 is 5.32 Å². The molecule has 1 unspecified atom stereocenters. The van der Waals surface area contributed by atoms with E-state index in [0.717, 1.165) is 23.1 Å². The van der Waals surface area contributed by atoms with Crippen LogP contribution in [0.4, 0.5) is 5.82 Å². The molecule has 0 spiro atoms. The predicted molar refractivity (Wildman–Crippen MR) is 79.8 cm³/mol. The van der Waals surface area contributed by atoms with Crippen LogP contribution in [0.25, 0.3) is 0 Å². The van der Waals surface area contributed by atoms with Crippen LogP contribution in [0.15, 0.2) is 53.1 Å². The summed E-state index contributed by atoms with van der Waals surface area (Å²) in [5.41, 5.74) is 1.38. The van der Waals surface area contributed by atoms with Gasteiger partial charge in [0.1, 0.15) is 5.82 Å². The molecule has 0 aliphatic rings. The molecular weight excluding hydrogens is 288 g/mol. The minimum Gasteiger partial charge on any atom is -0.368 e. The molecule has 0 aliphatic heterocycles. The Morgan fingerprint density at radius 1 is 1.17 bits per heavy atom. The molecule has 2 nitrogen and oxygen atoms in total. The Bertz CT molecular complexity index is 468. The third-order valence-corrected chi connectivity index (χ3v) is 3.30. The maximum Gasteiger partial charge on any atom is 0.126 e. The summed E-state index contributed by atoms with van der Waals surface area (Å²) in [6.07, 6.45) is 4.00. The highest BCUT2D eigenvalue weighted by molar-refractivity contribution is 9.10. The molecule has 0 radical (unpaired) electrons. The van der Waals surface area contributed by atoms with Gasteiger partial charge in [-0.1, -0.05) is 30.3 Å². The Hall–Kier alpha value is -1.35. The summed E-state index contributed by atoms with van der Waals surface area (Å²) in [7, 11) is 0. The van der Waals surface area contributed by atoms with Crippen molar-refractivity contribution in [3.8, 4) is 0 Å². The lowest BCUT2D eigenvalue weighted by Crippen LogP contribution is -2.16. The molecule has 94 valence electrons. The van der Waals surface area contributed by atoms with Crippen molar-refractivity contribution in [3.63, 3.8) is 0 Å². The van der Waals surface area contributed by atoms with Crippen molar-refractivity contribution in [2.75, 3.05) is 5.32 Å². The van der Waals surface area contributed by atoms with Gasteiger partial charge in [0.15, 0.2) is 0 Å². The smallest absolute Gasteiger partial charge is 0.126 e. The Morgan fingerprint density at radius 3 is 2.61 bits per heavy atom. The van der Waals surface area contributed by atoms with Crippen molar-refractivity contribution in [1.82, 2.24) is 4.98 Å². The molecule has 18 heavy (non-hydrogen) atoms. The van der Waals surface area contributed by atoms with E-state index in [1.165, 1.54) is 5.56 Å². The van der Waals surface area contributed by atoms with Gasteiger partial charge in [0.25, 0.3) is 0 Å². The highest BCUT2D eigenvalue weighted by atomic mass is 79.9. The zero-order valence-corrected chi connectivity index (χ0v) is 12.0. The quantitative estimate of drug-likeness (QED) is 0.892. The number of nitrogens with one attached hydrogen (secondary N) is 1. The number of aromatic nitrogens is 1. The molecule has 1 aromatic carbocycles. The number of nitrogens with zero attached hydrogens (tertiary/aromatic N) is 1. The van der Waals surface area contributed by atoms with E-state index in [2.05, 4.69) is 63.5 Å². The lowest BCUT2D eigenvalue weighted by Gasteiger charge is -2.14. The van der Waals surface area contributed by atoms with E-state index in [1.807, 2.05) is 18.3 Å². The number of halogens is 1. The summed E-state index contributed by atoms with van der Waals surface area (Å²) in [5.74, 6) is 0.929. The van der Waals surface area contributed by atoms with Gasteiger partial charge in [-0.15, -0.1) is 0 Å². The maximum absolute atomic E-state index is 4.32. The molecule has 1 N–H and O–H groups in total. The fourth-order valence-corrected chi connectivity index (χ4v) is 2.05. The Balaban J connectivity index is 1.82. The first-order valence-corrected chi connectivity index (χ1v) is 6.95. The molecule has 1 atom stereocenters. The summed E-state index contributed by atoms with van der Waals surface area (Å²) in [5, 5.41) is 3.41. The monoisotopic (exact) mass is 304 g/mol. The first kappa shape index (κ1) is 13.1. The first-order chi connectivity index (χ1) is 8.74. The summed E-state index contributed by atoms with van der Waals surface area (Å²) in [6.45, 7) is 2.19. The van der Waals surface area contributed by atoms with E-state index in [-0.39, 0.29) is 0 Å². The number of hydrogen-bond donors (Lipinski definition) is 1. The second kappa shape index (κ2) is 6.55. The van der Waals surface area contributed by atoms with Gasteiger partial charge in [-0.2, -0.15) is 0 Å². The standard InChI is InChI=1S/C15H17BrN2/c1-12(7-8-13-5-3-2-4-6-13)18-15-10-9-14(16)11-17-15/h2-6,9-12H,7-8H2,1H3,(H,17,18). The Morgan fingerprint density at radius 2 is 1.94 bits per heavy atom. The van der Waals surface area contributed by atoms with Crippen molar-refractivity contribution >= 4 is 21.7 Å². The Labute approximate surface area is 117 Å². The van der Waals surface area contributed by atoms with Crippen LogP contribution in [0, 0.1) is 0 Å². The zero-order valence-electron chi connectivity index (χ0n) is 10.4. The molecule has 0 fully saturated rings. The molecule has 0 amide bonds. The fourth-order valence-electron chi connectivity index (χ4n) is 1.81. The van der Waals surface area contributed by atoms with Gasteiger partial charge in [-0.05, 0) is 53.4 Å². The van der Waals surface area contributed by atoms with E-state index >= 15 is 0 Å². The number of hydrogen-bond acceptors (Lipinski definition) is 2. The molecule has 1 aromatic heterocycles. The van der Waals surface area contributed by atoms with Crippen LogP contribution < -0.4 is 5.32 Å². The topological polar surface area (TPSA) is 24.9 Å². The summed E-state index contributed by atoms with van der Waals surface area (Å²) in [6, 6.07) is 15.0. The highest BCUT2D eigenvalue weighted by Crippen LogP contribution is 2.13. The third-order valence-electron chi connectivity index (χ3n) is 2.83. The number of aryl methyl sites for hydroxylation is 1. The number of benzene rings is 1. The molecule has 0 aliphatic carbocycles. The molecule has 2 aromatic rings. The molecular formula is C15H17BrN2. The first-order valence-electron chi connectivity index (χ1n) is 6.16. The van der Waals surface area contributed by atoms with E-state index in [1.54, 1.807) is 0 Å². The van der Waals surface area contributed by atoms with Crippen molar-refractivity contribution in [2.24, 2.45) is 0 Å². The summed E-state index contributed by atoms with van der Waals surface area (Å²) in [4.78, 5) is 4.32.